The number of nitrogens with one attached hydrogen (secondary N) is 1. The Balaban J connectivity index is 3.51. The lowest BCUT2D eigenvalue weighted by Crippen LogP contribution is -2.27. The molecule has 3 nitrogen and oxygen atoms in total. The van der Waals surface area contributed by atoms with Crippen molar-refractivity contribution in [3.8, 4) is 0 Å². The van der Waals surface area contributed by atoms with E-state index in [0.717, 1.165) is 6.42 Å². The second-order valence-electron chi connectivity index (χ2n) is 3.37. The van der Waals surface area contributed by atoms with E-state index in [9.17, 15) is 8.42 Å². The van der Waals surface area contributed by atoms with Crippen molar-refractivity contribution in [2.24, 2.45) is 5.92 Å². The monoisotopic (exact) mass is 193 g/mol. The molecule has 0 aromatic heterocycles. The van der Waals surface area contributed by atoms with Crippen molar-refractivity contribution in [1.29, 1.82) is 0 Å². The van der Waals surface area contributed by atoms with Crippen molar-refractivity contribution >= 4 is 10.0 Å². The first kappa shape index (κ1) is 11.9. The number of unbranched alkanes of at least 4 members (excludes halogenated alkanes) is 1. The average Bonchev–Trinajstić information content (AvgIpc) is 1.95. The topological polar surface area (TPSA) is 46.2 Å². The summed E-state index contributed by atoms with van der Waals surface area (Å²) in [4.78, 5) is 0. The summed E-state index contributed by atoms with van der Waals surface area (Å²) in [6.45, 7) is 4.77. The smallest absolute Gasteiger partial charge is 0.208 e. The lowest BCUT2D eigenvalue weighted by molar-refractivity contribution is 0.492. The zero-order valence-electron chi connectivity index (χ0n) is 8.13. The Morgan fingerprint density at radius 1 is 1.42 bits per heavy atom. The molecule has 12 heavy (non-hydrogen) atoms. The molecule has 0 amide bonds. The lowest BCUT2D eigenvalue weighted by Gasteiger charge is -2.10. The van der Waals surface area contributed by atoms with Gasteiger partial charge in [0.05, 0.1) is 6.26 Å². The molecule has 0 aliphatic rings. The SMILES string of the molecule is CCCC[C@@H](C)CNS(C)(=O)=O. The molecule has 0 saturated heterocycles. The van der Waals surface area contributed by atoms with Crippen LogP contribution < -0.4 is 4.72 Å². The van der Waals surface area contributed by atoms with Crippen molar-refractivity contribution in [2.45, 2.75) is 33.1 Å². The van der Waals surface area contributed by atoms with Crippen LogP contribution in [0.5, 0.6) is 0 Å². The average molecular weight is 193 g/mol. The normalized spacial score (nSPS) is 14.6. The fourth-order valence-corrected chi connectivity index (χ4v) is 1.54. The van der Waals surface area contributed by atoms with E-state index in [1.54, 1.807) is 0 Å². The van der Waals surface area contributed by atoms with Crippen molar-refractivity contribution in [3.05, 3.63) is 0 Å². The van der Waals surface area contributed by atoms with E-state index in [0.29, 0.717) is 12.5 Å². The van der Waals surface area contributed by atoms with Crippen molar-refractivity contribution in [3.63, 3.8) is 0 Å². The summed E-state index contributed by atoms with van der Waals surface area (Å²) in [6.07, 6.45) is 4.63. The van der Waals surface area contributed by atoms with Gasteiger partial charge in [-0.2, -0.15) is 0 Å². The van der Waals surface area contributed by atoms with Gasteiger partial charge in [0.25, 0.3) is 0 Å². The molecule has 0 saturated carbocycles. The van der Waals surface area contributed by atoms with Gasteiger partial charge in [-0.15, -0.1) is 0 Å². The maximum atomic E-state index is 10.7. The van der Waals surface area contributed by atoms with Gasteiger partial charge in [-0.05, 0) is 12.3 Å². The number of rotatable bonds is 6. The van der Waals surface area contributed by atoms with E-state index in [2.05, 4.69) is 18.6 Å². The molecular formula is C8H19NO2S. The van der Waals surface area contributed by atoms with Crippen molar-refractivity contribution < 1.29 is 8.42 Å². The highest BCUT2D eigenvalue weighted by Gasteiger charge is 2.04. The van der Waals surface area contributed by atoms with Gasteiger partial charge >= 0.3 is 0 Å². The molecule has 0 fully saturated rings. The first-order chi connectivity index (χ1) is 5.45. The van der Waals surface area contributed by atoms with Gasteiger partial charge in [0.2, 0.25) is 10.0 Å². The molecule has 0 rings (SSSR count). The molecule has 0 aromatic rings. The van der Waals surface area contributed by atoms with Crippen LogP contribution in [0, 0.1) is 5.92 Å². The lowest BCUT2D eigenvalue weighted by atomic mass is 10.1. The molecule has 0 aliphatic heterocycles. The van der Waals surface area contributed by atoms with Crippen LogP contribution in [-0.2, 0) is 10.0 Å². The molecule has 0 aromatic carbocycles. The fraction of sp³-hybridized carbons (Fsp3) is 1.00. The molecule has 0 aliphatic carbocycles. The van der Waals surface area contributed by atoms with Crippen LogP contribution in [0.25, 0.3) is 0 Å². The Bertz CT molecular complexity index is 199. The van der Waals surface area contributed by atoms with Gasteiger partial charge in [-0.1, -0.05) is 26.7 Å². The van der Waals surface area contributed by atoms with Gasteiger partial charge < -0.3 is 0 Å². The molecule has 74 valence electrons. The third kappa shape index (κ3) is 8.01. The standard InChI is InChI=1S/C8H19NO2S/c1-4-5-6-8(2)7-9-12(3,10)11/h8-9H,4-7H2,1-3H3/t8-/m1/s1. The molecule has 0 spiro atoms. The van der Waals surface area contributed by atoms with Crippen molar-refractivity contribution in [1.82, 2.24) is 4.72 Å². The molecule has 0 bridgehead atoms. The van der Waals surface area contributed by atoms with Crippen LogP contribution in [0.1, 0.15) is 33.1 Å². The van der Waals surface area contributed by atoms with Gasteiger partial charge in [0.15, 0.2) is 0 Å². The zero-order chi connectivity index (χ0) is 9.61. The highest BCUT2D eigenvalue weighted by Crippen LogP contribution is 2.05. The third-order valence-electron chi connectivity index (χ3n) is 1.74. The molecule has 0 radical (unpaired) electrons. The summed E-state index contributed by atoms with van der Waals surface area (Å²) in [6, 6.07) is 0. The third-order valence-corrected chi connectivity index (χ3v) is 2.44. The van der Waals surface area contributed by atoms with Crippen LogP contribution in [-0.4, -0.2) is 21.2 Å². The summed E-state index contributed by atoms with van der Waals surface area (Å²) in [7, 11) is -2.99. The first-order valence-corrected chi connectivity index (χ1v) is 6.29. The van der Waals surface area contributed by atoms with Gasteiger partial charge in [-0.3, -0.25) is 0 Å². The Kier molecular flexibility index (Phi) is 5.50. The van der Waals surface area contributed by atoms with Gasteiger partial charge in [0, 0.05) is 6.54 Å². The maximum absolute atomic E-state index is 10.7. The Morgan fingerprint density at radius 3 is 2.42 bits per heavy atom. The van der Waals surface area contributed by atoms with Crippen LogP contribution in [0.4, 0.5) is 0 Å². The summed E-state index contributed by atoms with van der Waals surface area (Å²) < 4.78 is 23.9. The van der Waals surface area contributed by atoms with Gasteiger partial charge in [0.1, 0.15) is 0 Å². The molecule has 4 heteroatoms. The van der Waals surface area contributed by atoms with E-state index in [1.807, 2.05) is 0 Å². The van der Waals surface area contributed by atoms with Crippen molar-refractivity contribution in [2.75, 3.05) is 12.8 Å². The van der Waals surface area contributed by atoms with Crippen LogP contribution >= 0.6 is 0 Å². The van der Waals surface area contributed by atoms with Crippen LogP contribution in [0.3, 0.4) is 0 Å². The van der Waals surface area contributed by atoms with E-state index in [4.69, 9.17) is 0 Å². The fourth-order valence-electron chi connectivity index (χ4n) is 0.948. The van der Waals surface area contributed by atoms with E-state index >= 15 is 0 Å². The maximum Gasteiger partial charge on any atom is 0.208 e. The minimum Gasteiger partial charge on any atom is -0.215 e. The van der Waals surface area contributed by atoms with E-state index in [1.165, 1.54) is 19.1 Å². The predicted octanol–water partition coefficient (Wildman–Crippen LogP) is 1.36. The Labute approximate surface area is 75.6 Å². The molecule has 1 N–H and O–H groups in total. The number of hydrogen-bond donors (Lipinski definition) is 1. The number of sulfonamides is 1. The summed E-state index contributed by atoms with van der Waals surface area (Å²) in [5.41, 5.74) is 0. The summed E-state index contributed by atoms with van der Waals surface area (Å²) in [5, 5.41) is 0. The zero-order valence-corrected chi connectivity index (χ0v) is 8.95. The molecule has 1 atom stereocenters. The minimum absolute atomic E-state index is 0.444. The second-order valence-corrected chi connectivity index (χ2v) is 5.20. The Morgan fingerprint density at radius 2 is 2.00 bits per heavy atom. The molecule has 0 heterocycles. The highest BCUT2D eigenvalue weighted by molar-refractivity contribution is 7.88. The molecular weight excluding hydrogens is 174 g/mol. The van der Waals surface area contributed by atoms with Crippen LogP contribution in [0.2, 0.25) is 0 Å². The predicted molar refractivity (Wildman–Crippen MR) is 51.5 cm³/mol. The quantitative estimate of drug-likeness (QED) is 0.692. The largest absolute Gasteiger partial charge is 0.215 e. The molecule has 0 unspecified atom stereocenters. The summed E-state index contributed by atoms with van der Waals surface area (Å²) in [5.74, 6) is 0.444. The summed E-state index contributed by atoms with van der Waals surface area (Å²) >= 11 is 0. The Hall–Kier alpha value is -0.0900. The second kappa shape index (κ2) is 5.54. The minimum atomic E-state index is -2.99. The van der Waals surface area contributed by atoms with Crippen LogP contribution in [0.15, 0.2) is 0 Å². The number of hydrogen-bond acceptors (Lipinski definition) is 2. The van der Waals surface area contributed by atoms with Gasteiger partial charge in [-0.25, -0.2) is 13.1 Å². The first-order valence-electron chi connectivity index (χ1n) is 4.40. The van der Waals surface area contributed by atoms with E-state index in [-0.39, 0.29) is 0 Å². The highest BCUT2D eigenvalue weighted by atomic mass is 32.2. The van der Waals surface area contributed by atoms with E-state index < -0.39 is 10.0 Å².